The number of hydrogen-bond acceptors (Lipinski definition) is 3. The summed E-state index contributed by atoms with van der Waals surface area (Å²) in [4.78, 5) is 5.18. The Morgan fingerprint density at radius 3 is 1.14 bits per heavy atom. The second-order valence-electron chi connectivity index (χ2n) is 23.4. The summed E-state index contributed by atoms with van der Waals surface area (Å²) in [6.07, 6.45) is 0. The van der Waals surface area contributed by atoms with Crippen LogP contribution in [0.1, 0.15) is 52.7 Å². The Bertz CT molecular complexity index is 3950. The van der Waals surface area contributed by atoms with Crippen molar-refractivity contribution in [3.05, 3.63) is 260 Å². The molecule has 0 atom stereocenters. The van der Waals surface area contributed by atoms with Gasteiger partial charge in [0.05, 0.1) is 0 Å². The summed E-state index contributed by atoms with van der Waals surface area (Å²) in [6, 6.07) is 92.4. The zero-order chi connectivity index (χ0) is 52.9. The van der Waals surface area contributed by atoms with E-state index in [1.165, 1.54) is 61.1 Å². The molecule has 11 aromatic carbocycles. The van der Waals surface area contributed by atoms with Gasteiger partial charge in [-0.3, -0.25) is 0 Å². The second kappa shape index (κ2) is 18.3. The van der Waals surface area contributed by atoms with E-state index in [1.807, 2.05) is 0 Å². The lowest BCUT2D eigenvalue weighted by Crippen LogP contribution is -2.61. The highest BCUT2D eigenvalue weighted by Gasteiger charge is 2.45. The van der Waals surface area contributed by atoms with Gasteiger partial charge in [0.25, 0.3) is 6.71 Å². The van der Waals surface area contributed by atoms with Gasteiger partial charge in [-0.25, -0.2) is 0 Å². The summed E-state index contributed by atoms with van der Waals surface area (Å²) in [5, 5.41) is 2.22. The van der Waals surface area contributed by atoms with E-state index in [9.17, 15) is 0 Å². The van der Waals surface area contributed by atoms with Crippen molar-refractivity contribution in [2.24, 2.45) is 0 Å². The van der Waals surface area contributed by atoms with E-state index >= 15 is 0 Å². The van der Waals surface area contributed by atoms with E-state index in [4.69, 9.17) is 4.42 Å². The standard InChI is InChI=1S/C74H59BN2O/c1-73(2,3)57-34-36-66-64(46-57)75-65-47-58(74(4,5)6)35-37-67(65)77(60-42-54(50-26-15-9-16-27-50)39-55(43-60)51-28-17-10-18-29-51)69-45-56(61-31-21-32-63-62-30-19-20-33-70(62)78-72(61)63)44-68(71(69)75)76(66)59-40-52(48-22-11-7-12-23-48)38-53(41-59)49-24-13-8-14-25-49/h7-47H,1-6H3. The fourth-order valence-corrected chi connectivity index (χ4v) is 12.3. The van der Waals surface area contributed by atoms with Crippen LogP contribution in [0, 0.1) is 0 Å². The smallest absolute Gasteiger partial charge is 0.252 e. The van der Waals surface area contributed by atoms with E-state index in [2.05, 4.69) is 300 Å². The van der Waals surface area contributed by atoms with Crippen molar-refractivity contribution in [3.63, 3.8) is 0 Å². The number of benzene rings is 11. The minimum Gasteiger partial charge on any atom is -0.455 e. The molecule has 0 bridgehead atoms. The highest BCUT2D eigenvalue weighted by Crippen LogP contribution is 2.50. The Hall–Kier alpha value is -9.12. The van der Waals surface area contributed by atoms with Crippen LogP contribution in [0.2, 0.25) is 0 Å². The van der Waals surface area contributed by atoms with Crippen LogP contribution in [0.25, 0.3) is 77.6 Å². The molecule has 78 heavy (non-hydrogen) atoms. The second-order valence-corrected chi connectivity index (χ2v) is 23.4. The maximum Gasteiger partial charge on any atom is 0.252 e. The van der Waals surface area contributed by atoms with E-state index in [0.717, 1.165) is 78.1 Å². The normalized spacial score (nSPS) is 12.9. The quantitative estimate of drug-likeness (QED) is 0.148. The first-order chi connectivity index (χ1) is 37.9. The molecule has 0 saturated carbocycles. The zero-order valence-electron chi connectivity index (χ0n) is 45.1. The SMILES string of the molecule is CC(C)(C)c1ccc2c(c1)B1c3cc(C(C)(C)C)ccc3N(c3cc(-c4ccccc4)cc(-c4ccccc4)c3)c3cc(-c4cccc5c4oc4ccccc45)cc(c31)N2c1cc(-c2ccccc2)cc(-c2ccccc2)c1. The topological polar surface area (TPSA) is 19.6 Å². The molecule has 0 radical (unpaired) electrons. The molecule has 0 spiro atoms. The fraction of sp³-hybridized carbons (Fsp3) is 0.108. The highest BCUT2D eigenvalue weighted by molar-refractivity contribution is 7.00. The Kier molecular flexibility index (Phi) is 11.1. The van der Waals surface area contributed by atoms with E-state index < -0.39 is 0 Å². The molecule has 2 aliphatic heterocycles. The van der Waals surface area contributed by atoms with Crippen molar-refractivity contribution in [2.75, 3.05) is 9.80 Å². The van der Waals surface area contributed by atoms with Crippen LogP contribution >= 0.6 is 0 Å². The van der Waals surface area contributed by atoms with Crippen molar-refractivity contribution < 1.29 is 4.42 Å². The van der Waals surface area contributed by atoms with Crippen LogP contribution in [0.15, 0.2) is 253 Å². The first-order valence-electron chi connectivity index (χ1n) is 27.4. The summed E-state index contributed by atoms with van der Waals surface area (Å²) >= 11 is 0. The van der Waals surface area contributed by atoms with Gasteiger partial charge in [-0.05, 0) is 155 Å². The summed E-state index contributed by atoms with van der Waals surface area (Å²) in [6.45, 7) is 13.9. The van der Waals surface area contributed by atoms with Crippen molar-refractivity contribution in [3.8, 4) is 55.6 Å². The van der Waals surface area contributed by atoms with Crippen LogP contribution in [-0.2, 0) is 10.8 Å². The third-order valence-corrected chi connectivity index (χ3v) is 16.3. The summed E-state index contributed by atoms with van der Waals surface area (Å²) in [5.41, 5.74) is 26.3. The Balaban J connectivity index is 1.14. The fourth-order valence-electron chi connectivity index (χ4n) is 12.3. The lowest BCUT2D eigenvalue weighted by Gasteiger charge is -2.45. The molecule has 0 aliphatic carbocycles. The van der Waals surface area contributed by atoms with Crippen LogP contribution in [-0.4, -0.2) is 6.71 Å². The van der Waals surface area contributed by atoms with Gasteiger partial charge >= 0.3 is 0 Å². The number of anilines is 6. The average molecular weight is 1000 g/mol. The lowest BCUT2D eigenvalue weighted by molar-refractivity contribution is 0.590. The van der Waals surface area contributed by atoms with Crippen molar-refractivity contribution >= 4 is 79.2 Å². The molecule has 0 saturated heterocycles. The van der Waals surface area contributed by atoms with E-state index in [0.29, 0.717) is 0 Å². The zero-order valence-corrected chi connectivity index (χ0v) is 45.1. The van der Waals surface area contributed by atoms with Gasteiger partial charge < -0.3 is 14.2 Å². The molecule has 1 aromatic heterocycles. The summed E-state index contributed by atoms with van der Waals surface area (Å²) in [7, 11) is 0. The molecular formula is C74H59BN2O. The minimum atomic E-state index is -0.107. The van der Waals surface area contributed by atoms with Crippen LogP contribution in [0.5, 0.6) is 0 Å². The van der Waals surface area contributed by atoms with Crippen LogP contribution in [0.4, 0.5) is 34.1 Å². The number of fused-ring (bicyclic) bond motifs is 7. The predicted octanol–water partition coefficient (Wildman–Crippen LogP) is 18.6. The molecular weight excluding hydrogens is 944 g/mol. The number of para-hydroxylation sites is 2. The van der Waals surface area contributed by atoms with E-state index in [-0.39, 0.29) is 17.5 Å². The molecule has 2 aliphatic rings. The van der Waals surface area contributed by atoms with Crippen molar-refractivity contribution in [1.82, 2.24) is 0 Å². The van der Waals surface area contributed by atoms with Gasteiger partial charge in [0.2, 0.25) is 0 Å². The van der Waals surface area contributed by atoms with E-state index in [1.54, 1.807) is 0 Å². The molecule has 0 unspecified atom stereocenters. The first-order valence-corrected chi connectivity index (χ1v) is 27.4. The Labute approximate surface area is 458 Å². The number of furan rings is 1. The maximum absolute atomic E-state index is 6.95. The molecule has 0 fully saturated rings. The van der Waals surface area contributed by atoms with Crippen molar-refractivity contribution in [2.45, 2.75) is 52.4 Å². The van der Waals surface area contributed by atoms with Crippen LogP contribution < -0.4 is 26.2 Å². The predicted molar refractivity (Wildman–Crippen MR) is 332 cm³/mol. The largest absolute Gasteiger partial charge is 0.455 e. The third kappa shape index (κ3) is 8.05. The molecule has 3 heterocycles. The molecule has 374 valence electrons. The first kappa shape index (κ1) is 47.3. The van der Waals surface area contributed by atoms with Crippen molar-refractivity contribution in [1.29, 1.82) is 0 Å². The third-order valence-electron chi connectivity index (χ3n) is 16.3. The number of rotatable bonds is 7. The molecule has 4 heteroatoms. The number of hydrogen-bond donors (Lipinski definition) is 0. The Morgan fingerprint density at radius 1 is 0.321 bits per heavy atom. The van der Waals surface area contributed by atoms with Gasteiger partial charge in [0.1, 0.15) is 11.2 Å². The van der Waals surface area contributed by atoms with Gasteiger partial charge in [-0.1, -0.05) is 224 Å². The molecule has 0 N–H and O–H groups in total. The molecule has 0 amide bonds. The van der Waals surface area contributed by atoms with Gasteiger partial charge in [-0.2, -0.15) is 0 Å². The molecule has 3 nitrogen and oxygen atoms in total. The van der Waals surface area contributed by atoms with Gasteiger partial charge in [0, 0.05) is 50.5 Å². The van der Waals surface area contributed by atoms with Crippen LogP contribution in [0.3, 0.4) is 0 Å². The van der Waals surface area contributed by atoms with Gasteiger partial charge in [-0.15, -0.1) is 0 Å². The Morgan fingerprint density at radius 2 is 0.718 bits per heavy atom. The summed E-state index contributed by atoms with van der Waals surface area (Å²) in [5.74, 6) is 0. The number of nitrogens with zero attached hydrogens (tertiary/aromatic N) is 2. The lowest BCUT2D eigenvalue weighted by atomic mass is 9.33. The molecule has 12 aromatic rings. The minimum absolute atomic E-state index is 0.103. The van der Waals surface area contributed by atoms with Gasteiger partial charge in [0.15, 0.2) is 0 Å². The average Bonchev–Trinajstić information content (AvgIpc) is 3.93. The monoisotopic (exact) mass is 1000 g/mol. The molecule has 14 rings (SSSR count). The maximum atomic E-state index is 6.95. The highest BCUT2D eigenvalue weighted by atomic mass is 16.3. The summed E-state index contributed by atoms with van der Waals surface area (Å²) < 4.78 is 6.95.